The minimum absolute atomic E-state index is 0.109. The Morgan fingerprint density at radius 1 is 1.07 bits per heavy atom. The first-order chi connectivity index (χ1) is 12.9. The van der Waals surface area contributed by atoms with E-state index in [1.807, 2.05) is 25.1 Å². The Morgan fingerprint density at radius 3 is 2.33 bits per heavy atom. The zero-order chi connectivity index (χ0) is 19.8. The second kappa shape index (κ2) is 9.92. The molecule has 2 aromatic carbocycles. The van der Waals surface area contributed by atoms with Crippen molar-refractivity contribution in [1.29, 1.82) is 0 Å². The molecule has 0 heterocycles. The van der Waals surface area contributed by atoms with Crippen LogP contribution in [0.1, 0.15) is 25.0 Å². The van der Waals surface area contributed by atoms with Gasteiger partial charge in [0.15, 0.2) is 17.6 Å². The van der Waals surface area contributed by atoms with E-state index in [0.29, 0.717) is 31.2 Å². The molecule has 0 aliphatic rings. The Labute approximate surface area is 160 Å². The highest BCUT2D eigenvalue weighted by atomic mass is 19.1. The van der Waals surface area contributed by atoms with Crippen molar-refractivity contribution < 1.29 is 18.7 Å². The molecule has 0 aliphatic carbocycles. The van der Waals surface area contributed by atoms with E-state index in [-0.39, 0.29) is 11.7 Å². The number of benzene rings is 2. The van der Waals surface area contributed by atoms with Crippen LogP contribution in [0.15, 0.2) is 42.5 Å². The summed E-state index contributed by atoms with van der Waals surface area (Å²) in [6.45, 7) is 5.38. The molecule has 1 N–H and O–H groups in total. The Kier molecular flexibility index (Phi) is 7.61. The number of hydrogen-bond donors (Lipinski definition) is 1. The summed E-state index contributed by atoms with van der Waals surface area (Å²) in [5.74, 6) is 0.805. The summed E-state index contributed by atoms with van der Waals surface area (Å²) in [7, 11) is 3.39. The van der Waals surface area contributed by atoms with E-state index in [0.717, 1.165) is 11.1 Å². The molecule has 1 atom stereocenters. The standard InChI is InChI=1S/C21H27FN2O3/c1-5-26-20-12-17(14-23-13-16-6-9-18(22)10-7-16)8-11-19(20)27-15(2)21(25)24(3)4/h6-12,15,23H,5,13-14H2,1-4H3. The Hall–Kier alpha value is -2.60. The van der Waals surface area contributed by atoms with Gasteiger partial charge < -0.3 is 19.7 Å². The molecule has 27 heavy (non-hydrogen) atoms. The monoisotopic (exact) mass is 374 g/mol. The lowest BCUT2D eigenvalue weighted by Gasteiger charge is -2.20. The van der Waals surface area contributed by atoms with Crippen molar-refractivity contribution in [2.45, 2.75) is 33.0 Å². The number of amides is 1. The lowest BCUT2D eigenvalue weighted by Crippen LogP contribution is -2.35. The van der Waals surface area contributed by atoms with Crippen LogP contribution < -0.4 is 14.8 Å². The van der Waals surface area contributed by atoms with Crippen molar-refractivity contribution in [1.82, 2.24) is 10.2 Å². The third kappa shape index (κ3) is 6.25. The van der Waals surface area contributed by atoms with Crippen molar-refractivity contribution in [3.05, 3.63) is 59.4 Å². The molecule has 0 bridgehead atoms. The first-order valence-corrected chi connectivity index (χ1v) is 8.99. The fourth-order valence-corrected chi connectivity index (χ4v) is 2.59. The van der Waals surface area contributed by atoms with Gasteiger partial charge in [0.1, 0.15) is 5.82 Å². The molecule has 2 rings (SSSR count). The molecular formula is C21H27FN2O3. The minimum atomic E-state index is -0.596. The van der Waals surface area contributed by atoms with Gasteiger partial charge in [-0.1, -0.05) is 18.2 Å². The largest absolute Gasteiger partial charge is 0.490 e. The number of nitrogens with one attached hydrogen (secondary N) is 1. The van der Waals surface area contributed by atoms with Crippen LogP contribution in [0.4, 0.5) is 4.39 Å². The number of ether oxygens (including phenoxy) is 2. The van der Waals surface area contributed by atoms with Gasteiger partial charge in [0, 0.05) is 27.2 Å². The van der Waals surface area contributed by atoms with Crippen LogP contribution in [-0.2, 0) is 17.9 Å². The lowest BCUT2D eigenvalue weighted by molar-refractivity contribution is -0.135. The average molecular weight is 374 g/mol. The van der Waals surface area contributed by atoms with Crippen molar-refractivity contribution >= 4 is 5.91 Å². The summed E-state index contributed by atoms with van der Waals surface area (Å²) in [4.78, 5) is 13.5. The van der Waals surface area contributed by atoms with E-state index in [4.69, 9.17) is 9.47 Å². The lowest BCUT2D eigenvalue weighted by atomic mass is 10.1. The predicted molar refractivity (Wildman–Crippen MR) is 103 cm³/mol. The second-order valence-corrected chi connectivity index (χ2v) is 6.44. The second-order valence-electron chi connectivity index (χ2n) is 6.44. The zero-order valence-electron chi connectivity index (χ0n) is 16.3. The highest BCUT2D eigenvalue weighted by Crippen LogP contribution is 2.29. The third-order valence-corrected chi connectivity index (χ3v) is 3.97. The van der Waals surface area contributed by atoms with E-state index in [2.05, 4.69) is 5.32 Å². The molecule has 0 aromatic heterocycles. The summed E-state index contributed by atoms with van der Waals surface area (Å²) >= 11 is 0. The maximum atomic E-state index is 12.9. The normalized spacial score (nSPS) is 11.7. The fourth-order valence-electron chi connectivity index (χ4n) is 2.59. The van der Waals surface area contributed by atoms with Crippen LogP contribution >= 0.6 is 0 Å². The number of halogens is 1. The molecule has 0 fully saturated rings. The zero-order valence-corrected chi connectivity index (χ0v) is 16.3. The SMILES string of the molecule is CCOc1cc(CNCc2ccc(F)cc2)ccc1OC(C)C(=O)N(C)C. The average Bonchev–Trinajstić information content (AvgIpc) is 2.64. The van der Waals surface area contributed by atoms with Gasteiger partial charge in [-0.25, -0.2) is 4.39 Å². The Morgan fingerprint density at radius 2 is 1.70 bits per heavy atom. The van der Waals surface area contributed by atoms with Crippen molar-refractivity contribution in [2.24, 2.45) is 0 Å². The van der Waals surface area contributed by atoms with E-state index in [9.17, 15) is 9.18 Å². The maximum absolute atomic E-state index is 12.9. The number of nitrogens with zero attached hydrogens (tertiary/aromatic N) is 1. The highest BCUT2D eigenvalue weighted by Gasteiger charge is 2.18. The predicted octanol–water partition coefficient (Wildman–Crippen LogP) is 3.37. The fraction of sp³-hybridized carbons (Fsp3) is 0.381. The molecule has 1 unspecified atom stereocenters. The molecule has 0 aliphatic heterocycles. The van der Waals surface area contributed by atoms with Gasteiger partial charge in [-0.05, 0) is 49.2 Å². The molecule has 0 saturated heterocycles. The van der Waals surface area contributed by atoms with Gasteiger partial charge in [0.2, 0.25) is 0 Å². The molecule has 0 spiro atoms. The molecule has 2 aromatic rings. The molecule has 1 amide bonds. The molecule has 146 valence electrons. The number of hydrogen-bond acceptors (Lipinski definition) is 4. The molecule has 5 nitrogen and oxygen atoms in total. The van der Waals surface area contributed by atoms with Gasteiger partial charge in [-0.3, -0.25) is 4.79 Å². The van der Waals surface area contributed by atoms with Gasteiger partial charge in [-0.15, -0.1) is 0 Å². The van der Waals surface area contributed by atoms with Crippen molar-refractivity contribution in [2.75, 3.05) is 20.7 Å². The topological polar surface area (TPSA) is 50.8 Å². The van der Waals surface area contributed by atoms with Crippen LogP contribution in [0.3, 0.4) is 0 Å². The summed E-state index contributed by atoms with van der Waals surface area (Å²) in [6, 6.07) is 12.1. The number of rotatable bonds is 9. The first kappa shape index (κ1) is 20.7. The minimum Gasteiger partial charge on any atom is -0.490 e. The van der Waals surface area contributed by atoms with Crippen LogP contribution in [0.25, 0.3) is 0 Å². The number of carbonyl (C=O) groups excluding carboxylic acids is 1. The Bertz CT molecular complexity index is 748. The van der Waals surface area contributed by atoms with Crippen LogP contribution in [0, 0.1) is 5.82 Å². The number of likely N-dealkylation sites (N-methyl/N-ethyl adjacent to an activating group) is 1. The molecule has 6 heteroatoms. The van der Waals surface area contributed by atoms with Crippen LogP contribution in [0.2, 0.25) is 0 Å². The summed E-state index contributed by atoms with van der Waals surface area (Å²) in [6.07, 6.45) is -0.596. The van der Waals surface area contributed by atoms with Gasteiger partial charge in [-0.2, -0.15) is 0 Å². The highest BCUT2D eigenvalue weighted by molar-refractivity contribution is 5.80. The van der Waals surface area contributed by atoms with Crippen LogP contribution in [-0.4, -0.2) is 37.6 Å². The summed E-state index contributed by atoms with van der Waals surface area (Å²) < 4.78 is 24.4. The Balaban J connectivity index is 2.00. The van der Waals surface area contributed by atoms with Crippen molar-refractivity contribution in [3.63, 3.8) is 0 Å². The van der Waals surface area contributed by atoms with E-state index in [1.54, 1.807) is 33.2 Å². The maximum Gasteiger partial charge on any atom is 0.262 e. The first-order valence-electron chi connectivity index (χ1n) is 8.99. The summed E-state index contributed by atoms with van der Waals surface area (Å²) in [5, 5.41) is 3.32. The van der Waals surface area contributed by atoms with Crippen LogP contribution in [0.5, 0.6) is 11.5 Å². The summed E-state index contributed by atoms with van der Waals surface area (Å²) in [5.41, 5.74) is 2.04. The quantitative estimate of drug-likeness (QED) is 0.731. The van der Waals surface area contributed by atoms with E-state index >= 15 is 0 Å². The van der Waals surface area contributed by atoms with Gasteiger partial charge >= 0.3 is 0 Å². The van der Waals surface area contributed by atoms with E-state index < -0.39 is 6.10 Å². The van der Waals surface area contributed by atoms with Gasteiger partial charge in [0.25, 0.3) is 5.91 Å². The smallest absolute Gasteiger partial charge is 0.262 e. The van der Waals surface area contributed by atoms with Crippen molar-refractivity contribution in [3.8, 4) is 11.5 Å². The number of carbonyl (C=O) groups is 1. The molecule has 0 radical (unpaired) electrons. The molecular weight excluding hydrogens is 347 g/mol. The van der Waals surface area contributed by atoms with Gasteiger partial charge in [0.05, 0.1) is 6.61 Å². The molecule has 0 saturated carbocycles. The third-order valence-electron chi connectivity index (χ3n) is 3.97. The van der Waals surface area contributed by atoms with E-state index in [1.165, 1.54) is 17.0 Å².